The molecule has 0 radical (unpaired) electrons. The maximum absolute atomic E-state index is 13.0. The molecule has 29 heavy (non-hydrogen) atoms. The van der Waals surface area contributed by atoms with Crippen molar-refractivity contribution in [2.24, 2.45) is 5.14 Å². The minimum absolute atomic E-state index is 0.188. The molecule has 2 aromatic heterocycles. The van der Waals surface area contributed by atoms with E-state index in [2.05, 4.69) is 10.3 Å². The van der Waals surface area contributed by atoms with Crippen molar-refractivity contribution in [3.8, 4) is 5.75 Å². The molecule has 3 aromatic rings. The molecule has 4 N–H and O–H groups in total. The molecule has 0 saturated heterocycles. The summed E-state index contributed by atoms with van der Waals surface area (Å²) in [5.41, 5.74) is -0.837. The molecular formula is C19H20N4O5S. The number of anilines is 1. The van der Waals surface area contributed by atoms with Gasteiger partial charge in [0.1, 0.15) is 11.3 Å². The molecule has 0 aliphatic carbocycles. The number of unbranched alkanes of at least 4 members (excludes halogenated alkanes) is 1. The number of nitrogens with one attached hydrogen (secondary N) is 1. The molecule has 0 fully saturated rings. The number of para-hydroxylation sites is 1. The number of nitrogens with two attached hydrogens (primary N) is 1. The molecule has 2 heterocycles. The van der Waals surface area contributed by atoms with Crippen molar-refractivity contribution in [3.63, 3.8) is 0 Å². The number of hydrogen-bond donors (Lipinski definition) is 3. The lowest BCUT2D eigenvalue weighted by Crippen LogP contribution is -2.30. The maximum Gasteiger partial charge on any atom is 0.267 e. The lowest BCUT2D eigenvalue weighted by molar-refractivity contribution is 0.102. The first-order valence-corrected chi connectivity index (χ1v) is 10.4. The van der Waals surface area contributed by atoms with Crippen molar-refractivity contribution in [2.45, 2.75) is 31.3 Å². The van der Waals surface area contributed by atoms with Crippen LogP contribution >= 0.6 is 0 Å². The van der Waals surface area contributed by atoms with Crippen LogP contribution in [0.25, 0.3) is 10.9 Å². The number of hydrogen-bond acceptors (Lipinski definition) is 6. The molecule has 0 bridgehead atoms. The van der Waals surface area contributed by atoms with Crippen LogP contribution in [0.3, 0.4) is 0 Å². The van der Waals surface area contributed by atoms with Crippen LogP contribution in [-0.4, -0.2) is 29.0 Å². The van der Waals surface area contributed by atoms with E-state index in [9.17, 15) is 23.1 Å². The van der Waals surface area contributed by atoms with Crippen LogP contribution in [0.15, 0.2) is 52.4 Å². The molecule has 10 heteroatoms. The summed E-state index contributed by atoms with van der Waals surface area (Å²) in [4.78, 5) is 29.5. The van der Waals surface area contributed by atoms with Crippen molar-refractivity contribution >= 4 is 32.5 Å². The minimum Gasteiger partial charge on any atom is -0.506 e. The summed E-state index contributed by atoms with van der Waals surface area (Å²) in [6.07, 6.45) is 2.74. The Hall–Kier alpha value is -3.24. The van der Waals surface area contributed by atoms with Gasteiger partial charge in [0.25, 0.3) is 21.5 Å². The van der Waals surface area contributed by atoms with E-state index in [0.29, 0.717) is 23.9 Å². The van der Waals surface area contributed by atoms with Gasteiger partial charge in [-0.1, -0.05) is 25.5 Å². The van der Waals surface area contributed by atoms with Crippen LogP contribution in [-0.2, 0) is 16.6 Å². The minimum atomic E-state index is -4.21. The van der Waals surface area contributed by atoms with E-state index in [-0.39, 0.29) is 5.69 Å². The molecule has 1 amide bonds. The molecule has 0 aliphatic rings. The van der Waals surface area contributed by atoms with Crippen molar-refractivity contribution in [3.05, 3.63) is 58.5 Å². The van der Waals surface area contributed by atoms with E-state index in [4.69, 9.17) is 5.14 Å². The Balaban J connectivity index is 2.16. The van der Waals surface area contributed by atoms with Gasteiger partial charge in [-0.05, 0) is 30.7 Å². The molecule has 0 atom stereocenters. The first-order valence-electron chi connectivity index (χ1n) is 8.89. The van der Waals surface area contributed by atoms with E-state index in [0.717, 1.165) is 6.42 Å². The zero-order valence-corrected chi connectivity index (χ0v) is 16.4. The average Bonchev–Trinajstić information content (AvgIpc) is 2.67. The second-order valence-electron chi connectivity index (χ2n) is 6.41. The van der Waals surface area contributed by atoms with Gasteiger partial charge in [0, 0.05) is 18.1 Å². The highest BCUT2D eigenvalue weighted by atomic mass is 32.2. The third-order valence-electron chi connectivity index (χ3n) is 4.40. The van der Waals surface area contributed by atoms with Crippen LogP contribution < -0.4 is 16.0 Å². The van der Waals surface area contributed by atoms with Crippen LogP contribution in [0.4, 0.5) is 5.69 Å². The highest BCUT2D eigenvalue weighted by Crippen LogP contribution is 2.27. The maximum atomic E-state index is 13.0. The normalized spacial score (nSPS) is 11.5. The van der Waals surface area contributed by atoms with Crippen LogP contribution in [0.2, 0.25) is 0 Å². The number of nitrogens with zero attached hydrogens (tertiary/aromatic N) is 2. The second-order valence-corrected chi connectivity index (χ2v) is 7.88. The molecular weight excluding hydrogens is 396 g/mol. The van der Waals surface area contributed by atoms with Crippen LogP contribution in [0.1, 0.15) is 30.1 Å². The Morgan fingerprint density at radius 1 is 1.24 bits per heavy atom. The third kappa shape index (κ3) is 3.98. The number of carbonyl (C=O) groups is 1. The van der Waals surface area contributed by atoms with Gasteiger partial charge in [0.2, 0.25) is 0 Å². The number of pyridine rings is 2. The van der Waals surface area contributed by atoms with Gasteiger partial charge < -0.3 is 15.0 Å². The van der Waals surface area contributed by atoms with Gasteiger partial charge in [-0.3, -0.25) is 9.59 Å². The second kappa shape index (κ2) is 8.02. The monoisotopic (exact) mass is 416 g/mol. The van der Waals surface area contributed by atoms with E-state index in [1.165, 1.54) is 22.9 Å². The van der Waals surface area contributed by atoms with Gasteiger partial charge >= 0.3 is 0 Å². The number of amides is 1. The average molecular weight is 416 g/mol. The number of carbonyl (C=O) groups excluding carboxylic acids is 1. The summed E-state index contributed by atoms with van der Waals surface area (Å²) in [6.45, 7) is 2.34. The Morgan fingerprint density at radius 2 is 1.97 bits per heavy atom. The fourth-order valence-corrected chi connectivity index (χ4v) is 3.66. The number of aryl methyl sites for hydroxylation is 1. The largest absolute Gasteiger partial charge is 0.506 e. The molecule has 0 spiro atoms. The number of fused-ring (bicyclic) bond motifs is 1. The smallest absolute Gasteiger partial charge is 0.267 e. The molecule has 3 rings (SSSR count). The van der Waals surface area contributed by atoms with E-state index < -0.39 is 37.8 Å². The predicted molar refractivity (Wildman–Crippen MR) is 108 cm³/mol. The van der Waals surface area contributed by atoms with E-state index >= 15 is 0 Å². The van der Waals surface area contributed by atoms with Crippen LogP contribution in [0.5, 0.6) is 5.75 Å². The topological polar surface area (TPSA) is 144 Å². The summed E-state index contributed by atoms with van der Waals surface area (Å²) < 4.78 is 24.8. The first kappa shape index (κ1) is 20.5. The van der Waals surface area contributed by atoms with Crippen molar-refractivity contribution in [2.75, 3.05) is 5.32 Å². The third-order valence-corrected chi connectivity index (χ3v) is 5.26. The van der Waals surface area contributed by atoms with Crippen molar-refractivity contribution < 1.29 is 18.3 Å². The first-order chi connectivity index (χ1) is 13.8. The molecule has 0 saturated carbocycles. The molecule has 0 unspecified atom stereocenters. The number of aromatic nitrogens is 2. The Bertz CT molecular complexity index is 1250. The Labute approximate surface area is 166 Å². The zero-order valence-electron chi connectivity index (χ0n) is 15.6. The van der Waals surface area contributed by atoms with Gasteiger partial charge in [0.15, 0.2) is 5.03 Å². The van der Waals surface area contributed by atoms with Crippen LogP contribution in [0, 0.1) is 0 Å². The van der Waals surface area contributed by atoms with Crippen molar-refractivity contribution in [1.82, 2.24) is 9.55 Å². The van der Waals surface area contributed by atoms with Gasteiger partial charge in [-0.2, -0.15) is 0 Å². The van der Waals surface area contributed by atoms with E-state index in [1.807, 2.05) is 6.92 Å². The summed E-state index contributed by atoms with van der Waals surface area (Å²) in [5.74, 6) is -1.43. The lowest BCUT2D eigenvalue weighted by Gasteiger charge is -2.15. The number of aromatic hydroxyl groups is 1. The fourth-order valence-electron chi connectivity index (χ4n) is 3.03. The highest BCUT2D eigenvalue weighted by molar-refractivity contribution is 7.89. The molecule has 0 aliphatic heterocycles. The molecule has 152 valence electrons. The Morgan fingerprint density at radius 3 is 2.66 bits per heavy atom. The standard InChI is InChI=1S/C19H20N4O5S/c1-2-3-11-23-14-9-5-4-7-12(14)16(24)15(19(23)26)17(25)22-13-8-6-10-21-18(13)29(20,27)28/h4-10,24H,2-3,11H2,1H3,(H,22,25)(H2,20,27,28). The number of primary sulfonamides is 1. The summed E-state index contributed by atoms with van der Waals surface area (Å²) in [6, 6.07) is 9.40. The zero-order chi connectivity index (χ0) is 21.2. The number of rotatable bonds is 6. The van der Waals surface area contributed by atoms with Crippen molar-refractivity contribution in [1.29, 1.82) is 0 Å². The number of sulfonamides is 1. The van der Waals surface area contributed by atoms with E-state index in [1.54, 1.807) is 24.3 Å². The number of benzene rings is 1. The quantitative estimate of drug-likeness (QED) is 0.559. The SMILES string of the molecule is CCCCn1c(=O)c(C(=O)Nc2cccnc2S(N)(=O)=O)c(O)c2ccccc21. The fraction of sp³-hybridized carbons (Fsp3) is 0.211. The highest BCUT2D eigenvalue weighted by Gasteiger charge is 2.24. The molecule has 1 aromatic carbocycles. The summed E-state index contributed by atoms with van der Waals surface area (Å²) in [7, 11) is -4.21. The van der Waals surface area contributed by atoms with Gasteiger partial charge in [-0.15, -0.1) is 0 Å². The summed E-state index contributed by atoms with van der Waals surface area (Å²) >= 11 is 0. The Kier molecular flexibility index (Phi) is 5.66. The van der Waals surface area contributed by atoms with Gasteiger partial charge in [0.05, 0.1) is 11.2 Å². The molecule has 9 nitrogen and oxygen atoms in total. The van der Waals surface area contributed by atoms with Gasteiger partial charge in [-0.25, -0.2) is 18.5 Å². The lowest BCUT2D eigenvalue weighted by atomic mass is 10.1. The predicted octanol–water partition coefficient (Wildman–Crippen LogP) is 1.80. The summed E-state index contributed by atoms with van der Waals surface area (Å²) in [5, 5.41) is 17.9.